The molecule has 0 aliphatic rings. The topological polar surface area (TPSA) is 24.9 Å². The Balaban J connectivity index is 2.52. The van der Waals surface area contributed by atoms with Gasteiger partial charge in [-0.05, 0) is 24.7 Å². The Hall–Kier alpha value is -0.700. The van der Waals surface area contributed by atoms with E-state index in [9.17, 15) is 0 Å². The van der Waals surface area contributed by atoms with E-state index in [1.54, 1.807) is 0 Å². The molecule has 0 saturated carbocycles. The summed E-state index contributed by atoms with van der Waals surface area (Å²) >= 11 is 1.97. The summed E-state index contributed by atoms with van der Waals surface area (Å²) in [6, 6.07) is 4.17. The molecular weight excluding hydrogens is 204 g/mol. The number of pyridine rings is 1. The van der Waals surface area contributed by atoms with E-state index in [1.807, 2.05) is 24.0 Å². The molecule has 0 saturated heterocycles. The van der Waals surface area contributed by atoms with Gasteiger partial charge in [-0.2, -0.15) is 11.8 Å². The molecule has 0 amide bonds. The Morgan fingerprint density at radius 1 is 1.33 bits per heavy atom. The molecule has 0 spiro atoms. The third-order valence-corrected chi connectivity index (χ3v) is 3.25. The highest BCUT2D eigenvalue weighted by molar-refractivity contribution is 7.98. The SMILES string of the molecule is CCCNc1ncccc1CSCCC. The molecular formula is C12H20N2S. The van der Waals surface area contributed by atoms with Gasteiger partial charge < -0.3 is 5.32 Å². The molecule has 1 heterocycles. The van der Waals surface area contributed by atoms with Gasteiger partial charge in [0.1, 0.15) is 5.82 Å². The van der Waals surface area contributed by atoms with Crippen LogP contribution >= 0.6 is 11.8 Å². The fourth-order valence-electron chi connectivity index (χ4n) is 1.28. The first kappa shape index (κ1) is 12.4. The highest BCUT2D eigenvalue weighted by Gasteiger charge is 2.01. The number of nitrogens with one attached hydrogen (secondary N) is 1. The van der Waals surface area contributed by atoms with Crippen molar-refractivity contribution in [2.24, 2.45) is 0 Å². The molecule has 0 aromatic carbocycles. The fraction of sp³-hybridized carbons (Fsp3) is 0.583. The van der Waals surface area contributed by atoms with E-state index in [2.05, 4.69) is 30.2 Å². The van der Waals surface area contributed by atoms with E-state index in [0.717, 1.165) is 24.5 Å². The summed E-state index contributed by atoms with van der Waals surface area (Å²) in [6.45, 7) is 5.39. The zero-order chi connectivity index (χ0) is 10.9. The number of hydrogen-bond donors (Lipinski definition) is 1. The van der Waals surface area contributed by atoms with E-state index in [1.165, 1.54) is 17.7 Å². The highest BCUT2D eigenvalue weighted by Crippen LogP contribution is 2.18. The second-order valence-electron chi connectivity index (χ2n) is 3.49. The van der Waals surface area contributed by atoms with Gasteiger partial charge >= 0.3 is 0 Å². The van der Waals surface area contributed by atoms with Gasteiger partial charge in [0.25, 0.3) is 0 Å². The van der Waals surface area contributed by atoms with Crippen molar-refractivity contribution in [3.63, 3.8) is 0 Å². The van der Waals surface area contributed by atoms with Gasteiger partial charge in [-0.1, -0.05) is 19.9 Å². The van der Waals surface area contributed by atoms with Crippen molar-refractivity contribution < 1.29 is 0 Å². The van der Waals surface area contributed by atoms with Crippen LogP contribution in [-0.2, 0) is 5.75 Å². The van der Waals surface area contributed by atoms with Gasteiger partial charge in [0.05, 0.1) is 0 Å². The van der Waals surface area contributed by atoms with Crippen molar-refractivity contribution in [1.29, 1.82) is 0 Å². The molecule has 1 aromatic heterocycles. The molecule has 0 fully saturated rings. The van der Waals surface area contributed by atoms with Crippen LogP contribution in [0.3, 0.4) is 0 Å². The Labute approximate surface area is 96.9 Å². The van der Waals surface area contributed by atoms with Gasteiger partial charge in [-0.25, -0.2) is 4.98 Å². The summed E-state index contributed by atoms with van der Waals surface area (Å²) in [5.41, 5.74) is 1.32. The average molecular weight is 224 g/mol. The summed E-state index contributed by atoms with van der Waals surface area (Å²) in [5, 5.41) is 3.37. The Morgan fingerprint density at radius 3 is 2.93 bits per heavy atom. The largest absolute Gasteiger partial charge is 0.370 e. The van der Waals surface area contributed by atoms with Crippen LogP contribution in [0.2, 0.25) is 0 Å². The lowest BCUT2D eigenvalue weighted by molar-refractivity contribution is 0.965. The van der Waals surface area contributed by atoms with Crippen molar-refractivity contribution in [1.82, 2.24) is 4.98 Å². The maximum atomic E-state index is 4.37. The number of aromatic nitrogens is 1. The zero-order valence-corrected chi connectivity index (χ0v) is 10.4. The molecule has 0 aliphatic carbocycles. The van der Waals surface area contributed by atoms with Gasteiger partial charge in [0, 0.05) is 24.1 Å². The standard InChI is InChI=1S/C12H20N2S/c1-3-7-13-12-11(6-5-8-14-12)10-15-9-4-2/h5-6,8H,3-4,7,9-10H2,1-2H3,(H,13,14). The second-order valence-corrected chi connectivity index (χ2v) is 4.60. The van der Waals surface area contributed by atoms with Crippen molar-refractivity contribution in [3.05, 3.63) is 23.9 Å². The molecule has 0 radical (unpaired) electrons. The Bertz CT molecular complexity index is 276. The van der Waals surface area contributed by atoms with Gasteiger partial charge in [0.2, 0.25) is 0 Å². The average Bonchev–Trinajstić information content (AvgIpc) is 2.28. The zero-order valence-electron chi connectivity index (χ0n) is 9.62. The predicted octanol–water partition coefficient (Wildman–Crippen LogP) is 3.55. The third-order valence-electron chi connectivity index (χ3n) is 2.04. The number of nitrogens with zero attached hydrogens (tertiary/aromatic N) is 1. The minimum Gasteiger partial charge on any atom is -0.370 e. The van der Waals surface area contributed by atoms with Gasteiger partial charge in [0.15, 0.2) is 0 Å². The molecule has 84 valence electrons. The summed E-state index contributed by atoms with van der Waals surface area (Å²) in [5.74, 6) is 3.35. The van der Waals surface area contributed by atoms with Gasteiger partial charge in [-0.3, -0.25) is 0 Å². The first-order valence-corrected chi connectivity index (χ1v) is 6.79. The lowest BCUT2D eigenvalue weighted by Gasteiger charge is -2.09. The normalized spacial score (nSPS) is 10.3. The lowest BCUT2D eigenvalue weighted by Crippen LogP contribution is -2.04. The number of thioether (sulfide) groups is 1. The van der Waals surface area contributed by atoms with E-state index in [4.69, 9.17) is 0 Å². The number of hydrogen-bond acceptors (Lipinski definition) is 3. The van der Waals surface area contributed by atoms with Crippen LogP contribution in [0.15, 0.2) is 18.3 Å². The molecule has 0 bridgehead atoms. The van der Waals surface area contributed by atoms with Gasteiger partial charge in [-0.15, -0.1) is 0 Å². The van der Waals surface area contributed by atoms with Crippen LogP contribution < -0.4 is 5.32 Å². The highest BCUT2D eigenvalue weighted by atomic mass is 32.2. The van der Waals surface area contributed by atoms with Crippen LogP contribution in [0.5, 0.6) is 0 Å². The summed E-state index contributed by atoms with van der Waals surface area (Å²) < 4.78 is 0. The van der Waals surface area contributed by atoms with Crippen LogP contribution in [0.4, 0.5) is 5.82 Å². The van der Waals surface area contributed by atoms with Crippen molar-refractivity contribution in [2.45, 2.75) is 32.4 Å². The maximum Gasteiger partial charge on any atom is 0.129 e. The first-order valence-electron chi connectivity index (χ1n) is 5.64. The van der Waals surface area contributed by atoms with E-state index in [-0.39, 0.29) is 0 Å². The van der Waals surface area contributed by atoms with E-state index >= 15 is 0 Å². The van der Waals surface area contributed by atoms with Crippen LogP contribution in [0.25, 0.3) is 0 Å². The Kier molecular flexibility index (Phi) is 6.25. The first-order chi connectivity index (χ1) is 7.38. The molecule has 0 unspecified atom stereocenters. The summed E-state index contributed by atoms with van der Waals surface area (Å²) in [6.07, 6.45) is 4.23. The summed E-state index contributed by atoms with van der Waals surface area (Å²) in [4.78, 5) is 4.37. The van der Waals surface area contributed by atoms with Crippen molar-refractivity contribution in [3.8, 4) is 0 Å². The van der Waals surface area contributed by atoms with Crippen LogP contribution in [0.1, 0.15) is 32.3 Å². The third kappa shape index (κ3) is 4.56. The molecule has 3 heteroatoms. The molecule has 15 heavy (non-hydrogen) atoms. The molecule has 1 aromatic rings. The maximum absolute atomic E-state index is 4.37. The predicted molar refractivity (Wildman–Crippen MR) is 69.5 cm³/mol. The number of rotatable bonds is 7. The Morgan fingerprint density at radius 2 is 2.20 bits per heavy atom. The van der Waals surface area contributed by atoms with Crippen molar-refractivity contribution >= 4 is 17.6 Å². The molecule has 0 atom stereocenters. The molecule has 2 nitrogen and oxygen atoms in total. The van der Waals surface area contributed by atoms with E-state index in [0.29, 0.717) is 0 Å². The molecule has 1 N–H and O–H groups in total. The van der Waals surface area contributed by atoms with Crippen LogP contribution in [0, 0.1) is 0 Å². The second kappa shape index (κ2) is 7.57. The molecule has 1 rings (SSSR count). The van der Waals surface area contributed by atoms with Crippen LogP contribution in [-0.4, -0.2) is 17.3 Å². The smallest absolute Gasteiger partial charge is 0.129 e. The monoisotopic (exact) mass is 224 g/mol. The molecule has 0 aliphatic heterocycles. The summed E-state index contributed by atoms with van der Waals surface area (Å²) in [7, 11) is 0. The quantitative estimate of drug-likeness (QED) is 0.717. The van der Waals surface area contributed by atoms with Crippen molar-refractivity contribution in [2.75, 3.05) is 17.6 Å². The number of anilines is 1. The van der Waals surface area contributed by atoms with E-state index < -0.39 is 0 Å². The minimum absolute atomic E-state index is 1.00. The fourth-order valence-corrected chi connectivity index (χ4v) is 2.17. The lowest BCUT2D eigenvalue weighted by atomic mass is 10.3. The minimum atomic E-state index is 1.00.